The molecular weight excluding hydrogens is 276 g/mol. The lowest BCUT2D eigenvalue weighted by atomic mass is 10.0. The summed E-state index contributed by atoms with van der Waals surface area (Å²) in [5, 5.41) is 0.751. The van der Waals surface area contributed by atoms with Crippen molar-refractivity contribution in [3.05, 3.63) is 96.1 Å². The molecule has 0 unspecified atom stereocenters. The van der Waals surface area contributed by atoms with Crippen molar-refractivity contribution in [3.63, 3.8) is 0 Å². The molecule has 0 N–H and O–H groups in total. The van der Waals surface area contributed by atoms with Gasteiger partial charge in [0.15, 0.2) is 0 Å². The van der Waals surface area contributed by atoms with Crippen molar-refractivity contribution < 1.29 is 0 Å². The highest BCUT2D eigenvalue weighted by molar-refractivity contribution is 6.51. The Bertz CT molecular complexity index is 726. The van der Waals surface area contributed by atoms with Crippen LogP contribution in [-0.2, 0) is 0 Å². The van der Waals surface area contributed by atoms with Gasteiger partial charge in [-0.1, -0.05) is 96.5 Å². The fraction of sp³-hybridized carbons (Fsp3) is 0. The largest absolute Gasteiger partial charge is 0.0837 e. The van der Waals surface area contributed by atoms with E-state index in [1.54, 1.807) is 0 Å². The molecule has 0 amide bonds. The zero-order chi connectivity index (χ0) is 14.5. The Hall–Kier alpha value is -2.31. The van der Waals surface area contributed by atoms with Crippen LogP contribution in [0.3, 0.4) is 0 Å². The Morgan fingerprint density at radius 3 is 1.76 bits per heavy atom. The first kappa shape index (κ1) is 13.7. The van der Waals surface area contributed by atoms with Gasteiger partial charge in [0, 0.05) is 5.03 Å². The minimum absolute atomic E-state index is 0.751. The second-order valence-electron chi connectivity index (χ2n) is 4.85. The highest BCUT2D eigenvalue weighted by atomic mass is 35.5. The molecule has 0 spiro atoms. The summed E-state index contributed by atoms with van der Waals surface area (Å²) >= 11 is 6.40. The van der Waals surface area contributed by atoms with E-state index in [0.717, 1.165) is 16.2 Å². The van der Waals surface area contributed by atoms with E-state index in [2.05, 4.69) is 36.4 Å². The van der Waals surface area contributed by atoms with Gasteiger partial charge in [-0.05, 0) is 28.3 Å². The maximum Gasteiger partial charge on any atom is 0.0484 e. The number of benzene rings is 3. The van der Waals surface area contributed by atoms with Gasteiger partial charge in [0.25, 0.3) is 0 Å². The molecule has 1 heteroatoms. The first-order chi connectivity index (χ1) is 10.3. The minimum Gasteiger partial charge on any atom is -0.0837 e. The van der Waals surface area contributed by atoms with Gasteiger partial charge in [0.2, 0.25) is 0 Å². The summed E-state index contributed by atoms with van der Waals surface area (Å²) in [6, 6.07) is 28.8. The number of hydrogen-bond donors (Lipinski definition) is 0. The lowest BCUT2D eigenvalue weighted by molar-refractivity contribution is 1.59. The first-order valence-electron chi connectivity index (χ1n) is 6.91. The molecule has 0 fully saturated rings. The van der Waals surface area contributed by atoms with Crippen molar-refractivity contribution in [2.75, 3.05) is 0 Å². The van der Waals surface area contributed by atoms with E-state index in [1.165, 1.54) is 11.1 Å². The molecule has 3 aromatic carbocycles. The van der Waals surface area contributed by atoms with Crippen molar-refractivity contribution in [3.8, 4) is 11.1 Å². The van der Waals surface area contributed by atoms with Crippen LogP contribution in [0.5, 0.6) is 0 Å². The molecule has 0 radical (unpaired) electrons. The SMILES string of the molecule is Cl/C(=C\c1ccccc1)c1ccc(-c2ccccc2)cc1. The van der Waals surface area contributed by atoms with Crippen molar-refractivity contribution in [1.82, 2.24) is 0 Å². The van der Waals surface area contributed by atoms with Gasteiger partial charge >= 0.3 is 0 Å². The first-order valence-corrected chi connectivity index (χ1v) is 7.29. The molecule has 3 rings (SSSR count). The molecule has 0 aromatic heterocycles. The minimum atomic E-state index is 0.751. The van der Waals surface area contributed by atoms with Gasteiger partial charge in [-0.15, -0.1) is 0 Å². The van der Waals surface area contributed by atoms with Crippen molar-refractivity contribution in [2.24, 2.45) is 0 Å². The van der Waals surface area contributed by atoms with Gasteiger partial charge in [-0.2, -0.15) is 0 Å². The third-order valence-corrected chi connectivity index (χ3v) is 3.69. The Morgan fingerprint density at radius 1 is 0.619 bits per heavy atom. The molecule has 0 saturated carbocycles. The number of rotatable bonds is 3. The molecule has 102 valence electrons. The Labute approximate surface area is 130 Å². The highest BCUT2D eigenvalue weighted by Gasteiger charge is 2.00. The van der Waals surface area contributed by atoms with Crippen LogP contribution in [0.1, 0.15) is 11.1 Å². The maximum absolute atomic E-state index is 6.40. The number of hydrogen-bond acceptors (Lipinski definition) is 0. The molecule has 0 aliphatic carbocycles. The van der Waals surface area contributed by atoms with Crippen molar-refractivity contribution in [1.29, 1.82) is 0 Å². The van der Waals surface area contributed by atoms with Crippen LogP contribution in [0, 0.1) is 0 Å². The van der Waals surface area contributed by atoms with E-state index in [-0.39, 0.29) is 0 Å². The number of halogens is 1. The van der Waals surface area contributed by atoms with Crippen LogP contribution in [0.15, 0.2) is 84.9 Å². The van der Waals surface area contributed by atoms with Crippen LogP contribution < -0.4 is 0 Å². The van der Waals surface area contributed by atoms with Crippen LogP contribution in [-0.4, -0.2) is 0 Å². The van der Waals surface area contributed by atoms with Crippen LogP contribution in [0.25, 0.3) is 22.2 Å². The van der Waals surface area contributed by atoms with E-state index >= 15 is 0 Å². The second kappa shape index (κ2) is 6.43. The molecular formula is C20H15Cl. The lowest BCUT2D eigenvalue weighted by Gasteiger charge is -2.04. The van der Waals surface area contributed by atoms with Crippen LogP contribution >= 0.6 is 11.6 Å². The Morgan fingerprint density at radius 2 is 1.14 bits per heavy atom. The monoisotopic (exact) mass is 290 g/mol. The third kappa shape index (κ3) is 3.42. The third-order valence-electron chi connectivity index (χ3n) is 3.36. The average Bonchev–Trinajstić information content (AvgIpc) is 2.57. The summed E-state index contributed by atoms with van der Waals surface area (Å²) in [5.74, 6) is 0. The fourth-order valence-corrected chi connectivity index (χ4v) is 2.48. The Balaban J connectivity index is 1.86. The van der Waals surface area contributed by atoms with Crippen molar-refractivity contribution >= 4 is 22.7 Å². The van der Waals surface area contributed by atoms with Crippen molar-refractivity contribution in [2.45, 2.75) is 0 Å². The summed E-state index contributed by atoms with van der Waals surface area (Å²) < 4.78 is 0. The summed E-state index contributed by atoms with van der Waals surface area (Å²) in [7, 11) is 0. The Kier molecular flexibility index (Phi) is 4.18. The van der Waals surface area contributed by atoms with E-state index < -0.39 is 0 Å². The maximum atomic E-state index is 6.40. The van der Waals surface area contributed by atoms with E-state index in [9.17, 15) is 0 Å². The molecule has 0 aliphatic rings. The van der Waals surface area contributed by atoms with Gasteiger partial charge in [0.05, 0.1) is 0 Å². The van der Waals surface area contributed by atoms with Crippen LogP contribution in [0.2, 0.25) is 0 Å². The normalized spacial score (nSPS) is 11.4. The van der Waals surface area contributed by atoms with E-state index in [4.69, 9.17) is 11.6 Å². The fourth-order valence-electron chi connectivity index (χ4n) is 2.23. The predicted octanol–water partition coefficient (Wildman–Crippen LogP) is 6.09. The predicted molar refractivity (Wildman–Crippen MR) is 92.0 cm³/mol. The zero-order valence-corrected chi connectivity index (χ0v) is 12.3. The lowest BCUT2D eigenvalue weighted by Crippen LogP contribution is -1.81. The molecule has 0 atom stereocenters. The van der Waals surface area contributed by atoms with Crippen LogP contribution in [0.4, 0.5) is 0 Å². The zero-order valence-electron chi connectivity index (χ0n) is 11.5. The smallest absolute Gasteiger partial charge is 0.0484 e. The van der Waals surface area contributed by atoms with Gasteiger partial charge in [0.1, 0.15) is 0 Å². The summed E-state index contributed by atoms with van der Waals surface area (Å²) in [6.07, 6.45) is 1.99. The molecule has 0 bridgehead atoms. The quantitative estimate of drug-likeness (QED) is 0.512. The summed E-state index contributed by atoms with van der Waals surface area (Å²) in [4.78, 5) is 0. The topological polar surface area (TPSA) is 0 Å². The molecule has 0 aliphatic heterocycles. The van der Waals surface area contributed by atoms with Gasteiger partial charge < -0.3 is 0 Å². The summed E-state index contributed by atoms with van der Waals surface area (Å²) in [6.45, 7) is 0. The highest BCUT2D eigenvalue weighted by Crippen LogP contribution is 2.25. The van der Waals surface area contributed by atoms with E-state index in [1.807, 2.05) is 54.6 Å². The molecule has 0 nitrogen and oxygen atoms in total. The molecule has 3 aromatic rings. The summed E-state index contributed by atoms with van der Waals surface area (Å²) in [5.41, 5.74) is 4.55. The molecule has 0 saturated heterocycles. The van der Waals surface area contributed by atoms with Gasteiger partial charge in [-0.25, -0.2) is 0 Å². The van der Waals surface area contributed by atoms with Gasteiger partial charge in [-0.3, -0.25) is 0 Å². The second-order valence-corrected chi connectivity index (χ2v) is 5.25. The van der Waals surface area contributed by atoms with E-state index in [0.29, 0.717) is 0 Å². The standard InChI is InChI=1S/C20H15Cl/c21-20(15-16-7-3-1-4-8-16)19-13-11-18(12-14-19)17-9-5-2-6-10-17/h1-15H/b20-15-. The average molecular weight is 291 g/mol. The molecule has 0 heterocycles. The molecule has 21 heavy (non-hydrogen) atoms.